The Morgan fingerprint density at radius 3 is 2.62 bits per heavy atom. The summed E-state index contributed by atoms with van der Waals surface area (Å²) < 4.78 is 27.9. The summed E-state index contributed by atoms with van der Waals surface area (Å²) in [5.74, 6) is -0.467. The molecule has 29 heavy (non-hydrogen) atoms. The first kappa shape index (κ1) is 19.3. The minimum Gasteiger partial charge on any atom is -0.324 e. The molecule has 0 aliphatic carbocycles. The van der Waals surface area contributed by atoms with Crippen LogP contribution < -0.4 is 10.9 Å². The van der Waals surface area contributed by atoms with Crippen molar-refractivity contribution in [3.05, 3.63) is 65.1 Å². The first-order valence-corrected chi connectivity index (χ1v) is 10.7. The number of benzene rings is 2. The minimum atomic E-state index is -3.57. The second kappa shape index (κ2) is 7.76. The Bertz CT molecular complexity index is 1230. The van der Waals surface area contributed by atoms with Crippen LogP contribution in [0.3, 0.4) is 0 Å². The van der Waals surface area contributed by atoms with Crippen molar-refractivity contribution in [1.29, 1.82) is 0 Å². The van der Waals surface area contributed by atoms with Gasteiger partial charge < -0.3 is 5.32 Å². The van der Waals surface area contributed by atoms with Crippen LogP contribution in [-0.2, 0) is 21.4 Å². The van der Waals surface area contributed by atoms with E-state index in [1.807, 2.05) is 6.07 Å². The predicted octanol–water partition coefficient (Wildman–Crippen LogP) is 1.82. The summed E-state index contributed by atoms with van der Waals surface area (Å²) in [6.07, 6.45) is 3.24. The van der Waals surface area contributed by atoms with Crippen LogP contribution in [0.15, 0.2) is 64.4 Å². The molecule has 1 saturated heterocycles. The normalized spacial score (nSPS) is 14.9. The van der Waals surface area contributed by atoms with Gasteiger partial charge in [0.25, 0.3) is 5.56 Å². The third-order valence-electron chi connectivity index (χ3n) is 4.88. The Morgan fingerprint density at radius 1 is 1.07 bits per heavy atom. The molecule has 8 nitrogen and oxygen atoms in total. The van der Waals surface area contributed by atoms with Gasteiger partial charge in [0.2, 0.25) is 15.9 Å². The lowest BCUT2D eigenvalue weighted by molar-refractivity contribution is -0.117. The number of nitrogens with one attached hydrogen (secondary N) is 1. The third kappa shape index (κ3) is 3.92. The smallest absolute Gasteiger partial charge is 0.275 e. The SMILES string of the molecule is O=C(Cn1ncc2ccccc2c1=O)Nc1cccc(S(=O)(=O)N2CCCC2)c1. The number of fused-ring (bicyclic) bond motifs is 1. The molecule has 1 aromatic heterocycles. The van der Waals surface area contributed by atoms with Crippen LogP contribution in [-0.4, -0.2) is 41.5 Å². The van der Waals surface area contributed by atoms with E-state index in [4.69, 9.17) is 0 Å². The number of rotatable bonds is 5. The first-order valence-electron chi connectivity index (χ1n) is 9.30. The number of hydrogen-bond donors (Lipinski definition) is 1. The largest absolute Gasteiger partial charge is 0.324 e. The highest BCUT2D eigenvalue weighted by atomic mass is 32.2. The van der Waals surface area contributed by atoms with Gasteiger partial charge in [-0.3, -0.25) is 9.59 Å². The summed E-state index contributed by atoms with van der Waals surface area (Å²) in [6.45, 7) is 0.748. The molecule has 0 saturated carbocycles. The van der Waals surface area contributed by atoms with E-state index in [-0.39, 0.29) is 17.0 Å². The summed E-state index contributed by atoms with van der Waals surface area (Å²) in [5, 5.41) is 7.87. The van der Waals surface area contributed by atoms with E-state index in [0.29, 0.717) is 29.5 Å². The standard InChI is InChI=1S/C20H20N4O4S/c25-19(14-24-20(26)18-9-2-1-6-15(18)13-21-24)22-16-7-5-8-17(12-16)29(27,28)23-10-3-4-11-23/h1-2,5-9,12-13H,3-4,10-11,14H2,(H,22,25). The average molecular weight is 412 g/mol. The second-order valence-electron chi connectivity index (χ2n) is 6.88. The summed E-state index contributed by atoms with van der Waals surface area (Å²) >= 11 is 0. The molecule has 3 aromatic rings. The van der Waals surface area contributed by atoms with Crippen molar-refractivity contribution in [1.82, 2.24) is 14.1 Å². The molecule has 0 spiro atoms. The van der Waals surface area contributed by atoms with Crippen LogP contribution in [0.25, 0.3) is 10.8 Å². The topological polar surface area (TPSA) is 101 Å². The molecule has 4 rings (SSSR count). The number of hydrogen-bond acceptors (Lipinski definition) is 5. The number of carbonyl (C=O) groups excluding carboxylic acids is 1. The van der Waals surface area contributed by atoms with Crippen molar-refractivity contribution in [3.63, 3.8) is 0 Å². The Morgan fingerprint density at radius 2 is 1.83 bits per heavy atom. The zero-order valence-electron chi connectivity index (χ0n) is 15.6. The fourth-order valence-electron chi connectivity index (χ4n) is 3.39. The molecule has 1 amide bonds. The predicted molar refractivity (Wildman–Crippen MR) is 109 cm³/mol. The Labute approximate surface area is 167 Å². The van der Waals surface area contributed by atoms with E-state index in [2.05, 4.69) is 10.4 Å². The van der Waals surface area contributed by atoms with Crippen LogP contribution in [0, 0.1) is 0 Å². The van der Waals surface area contributed by atoms with Crippen molar-refractivity contribution in [2.45, 2.75) is 24.3 Å². The zero-order valence-corrected chi connectivity index (χ0v) is 16.4. The summed E-state index contributed by atoms with van der Waals surface area (Å²) in [5.41, 5.74) is -0.00674. The molecular formula is C20H20N4O4S. The molecule has 0 unspecified atom stereocenters. The average Bonchev–Trinajstić information content (AvgIpc) is 3.26. The highest BCUT2D eigenvalue weighted by Crippen LogP contribution is 2.23. The lowest BCUT2D eigenvalue weighted by atomic mass is 10.2. The number of carbonyl (C=O) groups is 1. The summed E-state index contributed by atoms with van der Waals surface area (Å²) in [7, 11) is -3.57. The molecule has 1 N–H and O–H groups in total. The lowest BCUT2D eigenvalue weighted by Crippen LogP contribution is -2.30. The lowest BCUT2D eigenvalue weighted by Gasteiger charge is -2.16. The molecule has 0 atom stereocenters. The van der Waals surface area contributed by atoms with Gasteiger partial charge >= 0.3 is 0 Å². The maximum atomic E-state index is 12.7. The van der Waals surface area contributed by atoms with Gasteiger partial charge in [0, 0.05) is 24.2 Å². The highest BCUT2D eigenvalue weighted by molar-refractivity contribution is 7.89. The van der Waals surface area contributed by atoms with E-state index in [9.17, 15) is 18.0 Å². The molecule has 150 valence electrons. The number of aromatic nitrogens is 2. The van der Waals surface area contributed by atoms with Crippen molar-refractivity contribution in [2.75, 3.05) is 18.4 Å². The van der Waals surface area contributed by atoms with Gasteiger partial charge in [-0.15, -0.1) is 0 Å². The minimum absolute atomic E-state index is 0.137. The summed E-state index contributed by atoms with van der Waals surface area (Å²) in [6, 6.07) is 13.2. The fraction of sp³-hybridized carbons (Fsp3) is 0.250. The van der Waals surface area contributed by atoms with Gasteiger partial charge in [-0.05, 0) is 37.1 Å². The van der Waals surface area contributed by atoms with Gasteiger partial charge in [-0.2, -0.15) is 9.40 Å². The third-order valence-corrected chi connectivity index (χ3v) is 6.77. The van der Waals surface area contributed by atoms with E-state index in [1.165, 1.54) is 22.6 Å². The molecule has 9 heteroatoms. The number of nitrogens with zero attached hydrogens (tertiary/aromatic N) is 3. The van der Waals surface area contributed by atoms with Crippen LogP contribution >= 0.6 is 0 Å². The summed E-state index contributed by atoms with van der Waals surface area (Å²) in [4.78, 5) is 25.0. The van der Waals surface area contributed by atoms with Gasteiger partial charge in [0.05, 0.1) is 16.5 Å². The quantitative estimate of drug-likeness (QED) is 0.689. The number of anilines is 1. The Balaban J connectivity index is 1.52. The maximum Gasteiger partial charge on any atom is 0.275 e. The van der Waals surface area contributed by atoms with Crippen molar-refractivity contribution >= 4 is 32.4 Å². The van der Waals surface area contributed by atoms with Gasteiger partial charge in [-0.25, -0.2) is 13.1 Å². The van der Waals surface area contributed by atoms with E-state index in [1.54, 1.807) is 30.3 Å². The fourth-order valence-corrected chi connectivity index (χ4v) is 4.95. The van der Waals surface area contributed by atoms with Crippen molar-refractivity contribution in [3.8, 4) is 0 Å². The molecule has 2 aromatic carbocycles. The van der Waals surface area contributed by atoms with Crippen molar-refractivity contribution in [2.24, 2.45) is 0 Å². The second-order valence-corrected chi connectivity index (χ2v) is 8.82. The Kier molecular flexibility index (Phi) is 5.16. The van der Waals surface area contributed by atoms with Gasteiger partial charge in [0.15, 0.2) is 0 Å². The van der Waals surface area contributed by atoms with Crippen molar-refractivity contribution < 1.29 is 13.2 Å². The molecular weight excluding hydrogens is 392 g/mol. The van der Waals surface area contributed by atoms with E-state index >= 15 is 0 Å². The molecule has 2 heterocycles. The zero-order chi connectivity index (χ0) is 20.4. The monoisotopic (exact) mass is 412 g/mol. The van der Waals surface area contributed by atoms with Gasteiger partial charge in [0.1, 0.15) is 6.54 Å². The molecule has 0 radical (unpaired) electrons. The molecule has 1 fully saturated rings. The van der Waals surface area contributed by atoms with Crippen LogP contribution in [0.4, 0.5) is 5.69 Å². The van der Waals surface area contributed by atoms with Crippen LogP contribution in [0.2, 0.25) is 0 Å². The van der Waals surface area contributed by atoms with Crippen LogP contribution in [0.1, 0.15) is 12.8 Å². The molecule has 1 aliphatic rings. The maximum absolute atomic E-state index is 12.7. The Hall–Kier alpha value is -3.04. The highest BCUT2D eigenvalue weighted by Gasteiger charge is 2.27. The van der Waals surface area contributed by atoms with Gasteiger partial charge in [-0.1, -0.05) is 24.3 Å². The number of sulfonamides is 1. The first-order chi connectivity index (χ1) is 13.9. The number of amides is 1. The van der Waals surface area contributed by atoms with E-state index < -0.39 is 15.9 Å². The van der Waals surface area contributed by atoms with E-state index in [0.717, 1.165) is 17.5 Å². The molecule has 0 bridgehead atoms. The molecule has 1 aliphatic heterocycles. The van der Waals surface area contributed by atoms with Crippen LogP contribution in [0.5, 0.6) is 0 Å².